The maximum atomic E-state index is 12.5. The maximum absolute atomic E-state index is 12.5. The van der Waals surface area contributed by atoms with Gasteiger partial charge >= 0.3 is 0 Å². The Hall–Kier alpha value is -2.01. The summed E-state index contributed by atoms with van der Waals surface area (Å²) in [5, 5.41) is 0. The summed E-state index contributed by atoms with van der Waals surface area (Å²) in [6, 6.07) is 6.52. The van der Waals surface area contributed by atoms with Crippen molar-refractivity contribution >= 4 is 5.91 Å². The predicted octanol–water partition coefficient (Wildman–Crippen LogP) is 2.39. The molecule has 0 radical (unpaired) electrons. The summed E-state index contributed by atoms with van der Waals surface area (Å²) in [6.45, 7) is 5.73. The zero-order chi connectivity index (χ0) is 17.8. The van der Waals surface area contributed by atoms with Crippen molar-refractivity contribution in [3.63, 3.8) is 0 Å². The van der Waals surface area contributed by atoms with E-state index < -0.39 is 0 Å². The number of aryl methyl sites for hydroxylation is 2. The molecule has 1 amide bonds. The maximum Gasteiger partial charge on any atom is 0.252 e. The highest BCUT2D eigenvalue weighted by Gasteiger charge is 2.24. The number of rotatable bonds is 5. The van der Waals surface area contributed by atoms with Crippen LogP contribution in [0.25, 0.3) is 0 Å². The van der Waals surface area contributed by atoms with Crippen molar-refractivity contribution in [2.75, 3.05) is 45.9 Å². The van der Waals surface area contributed by atoms with Gasteiger partial charge in [0.1, 0.15) is 12.4 Å². The smallest absolute Gasteiger partial charge is 0.252 e. The summed E-state index contributed by atoms with van der Waals surface area (Å²) < 4.78 is 11.3. The van der Waals surface area contributed by atoms with Crippen molar-refractivity contribution in [2.45, 2.75) is 32.1 Å². The van der Waals surface area contributed by atoms with Crippen LogP contribution in [0.2, 0.25) is 0 Å². The fourth-order valence-electron chi connectivity index (χ4n) is 4.03. The minimum absolute atomic E-state index is 0.152. The van der Waals surface area contributed by atoms with Crippen LogP contribution in [0, 0.1) is 0 Å². The van der Waals surface area contributed by atoms with Gasteiger partial charge in [0, 0.05) is 32.7 Å². The van der Waals surface area contributed by atoms with Crippen LogP contribution in [-0.4, -0.2) is 61.6 Å². The third-order valence-electron chi connectivity index (χ3n) is 5.61. The van der Waals surface area contributed by atoms with Crippen LogP contribution in [-0.2, 0) is 22.4 Å². The summed E-state index contributed by atoms with van der Waals surface area (Å²) in [5.74, 6) is 1.14. The van der Waals surface area contributed by atoms with E-state index in [1.807, 2.05) is 4.90 Å². The van der Waals surface area contributed by atoms with Crippen molar-refractivity contribution in [3.8, 4) is 5.75 Å². The molecule has 2 heterocycles. The first-order chi connectivity index (χ1) is 12.8. The molecule has 4 rings (SSSR count). The highest BCUT2D eigenvalue weighted by molar-refractivity contribution is 5.93. The highest BCUT2D eigenvalue weighted by atomic mass is 16.5. The predicted molar refractivity (Wildman–Crippen MR) is 100 cm³/mol. The standard InChI is InChI=1S/C21H28N2O3/c24-21(19-5-2-13-25-16-19)23-10-8-22(9-11-23)12-14-26-20-7-6-17-3-1-4-18(17)15-20/h6-7,15-16H,1-5,8-14H2. The van der Waals surface area contributed by atoms with E-state index in [2.05, 4.69) is 23.1 Å². The molecule has 1 aromatic carbocycles. The molecule has 1 saturated heterocycles. The zero-order valence-corrected chi connectivity index (χ0v) is 15.4. The van der Waals surface area contributed by atoms with Crippen molar-refractivity contribution in [1.82, 2.24) is 9.80 Å². The van der Waals surface area contributed by atoms with E-state index in [0.29, 0.717) is 6.61 Å². The number of ether oxygens (including phenoxy) is 2. The molecule has 0 N–H and O–H groups in total. The lowest BCUT2D eigenvalue weighted by atomic mass is 10.1. The third kappa shape index (κ3) is 4.04. The average Bonchev–Trinajstić information content (AvgIpc) is 3.16. The minimum Gasteiger partial charge on any atom is -0.501 e. The van der Waals surface area contributed by atoms with Gasteiger partial charge in [0.25, 0.3) is 5.91 Å². The van der Waals surface area contributed by atoms with Gasteiger partial charge in [-0.05, 0) is 55.4 Å². The lowest BCUT2D eigenvalue weighted by Gasteiger charge is -2.35. The van der Waals surface area contributed by atoms with Crippen LogP contribution in [0.5, 0.6) is 5.75 Å². The zero-order valence-electron chi connectivity index (χ0n) is 15.4. The molecular formula is C21H28N2O3. The molecule has 5 nitrogen and oxygen atoms in total. The Balaban J connectivity index is 1.19. The number of nitrogens with zero attached hydrogens (tertiary/aromatic N) is 2. The number of fused-ring (bicyclic) bond motifs is 1. The number of hydrogen-bond donors (Lipinski definition) is 0. The van der Waals surface area contributed by atoms with Gasteiger partial charge in [0.05, 0.1) is 18.4 Å². The fourth-order valence-corrected chi connectivity index (χ4v) is 4.03. The van der Waals surface area contributed by atoms with E-state index in [0.717, 1.165) is 63.5 Å². The normalized spacial score (nSPS) is 20.3. The molecule has 5 heteroatoms. The van der Waals surface area contributed by atoms with Crippen LogP contribution in [0.15, 0.2) is 30.0 Å². The summed E-state index contributed by atoms with van der Waals surface area (Å²) in [7, 11) is 0. The molecule has 0 atom stereocenters. The molecule has 1 fully saturated rings. The van der Waals surface area contributed by atoms with Crippen LogP contribution in [0.4, 0.5) is 0 Å². The molecule has 0 aromatic heterocycles. The van der Waals surface area contributed by atoms with Gasteiger partial charge in [-0.1, -0.05) is 6.07 Å². The van der Waals surface area contributed by atoms with Gasteiger partial charge in [-0.3, -0.25) is 9.69 Å². The van der Waals surface area contributed by atoms with Gasteiger partial charge in [0.15, 0.2) is 0 Å². The molecule has 1 aromatic rings. The molecule has 1 aliphatic carbocycles. The second-order valence-corrected chi connectivity index (χ2v) is 7.38. The van der Waals surface area contributed by atoms with Crippen molar-refractivity contribution in [2.24, 2.45) is 0 Å². The Bertz CT molecular complexity index is 678. The van der Waals surface area contributed by atoms with Crippen molar-refractivity contribution < 1.29 is 14.3 Å². The largest absolute Gasteiger partial charge is 0.501 e. The van der Waals surface area contributed by atoms with E-state index in [4.69, 9.17) is 9.47 Å². The Morgan fingerprint density at radius 1 is 1.04 bits per heavy atom. The molecule has 140 valence electrons. The Morgan fingerprint density at radius 2 is 1.88 bits per heavy atom. The van der Waals surface area contributed by atoms with E-state index >= 15 is 0 Å². The molecule has 0 unspecified atom stereocenters. The minimum atomic E-state index is 0.152. The number of amides is 1. The Labute approximate surface area is 155 Å². The summed E-state index contributed by atoms with van der Waals surface area (Å²) in [5.41, 5.74) is 3.76. The van der Waals surface area contributed by atoms with E-state index in [-0.39, 0.29) is 5.91 Å². The SMILES string of the molecule is O=C(C1=COCCC1)N1CCN(CCOc2ccc3c(c2)CCC3)CC1. The molecule has 0 bridgehead atoms. The van der Waals surface area contributed by atoms with Gasteiger partial charge in [-0.2, -0.15) is 0 Å². The summed E-state index contributed by atoms with van der Waals surface area (Å²) in [6.07, 6.45) is 7.10. The highest BCUT2D eigenvalue weighted by Crippen LogP contribution is 2.26. The van der Waals surface area contributed by atoms with Gasteiger partial charge in [-0.15, -0.1) is 0 Å². The van der Waals surface area contributed by atoms with Crippen LogP contribution in [0.3, 0.4) is 0 Å². The van der Waals surface area contributed by atoms with Gasteiger partial charge < -0.3 is 14.4 Å². The van der Waals surface area contributed by atoms with Crippen LogP contribution >= 0.6 is 0 Å². The van der Waals surface area contributed by atoms with Crippen molar-refractivity contribution in [3.05, 3.63) is 41.2 Å². The first-order valence-electron chi connectivity index (χ1n) is 9.86. The van der Waals surface area contributed by atoms with Crippen molar-refractivity contribution in [1.29, 1.82) is 0 Å². The second-order valence-electron chi connectivity index (χ2n) is 7.38. The molecule has 0 saturated carbocycles. The van der Waals surface area contributed by atoms with E-state index in [1.54, 1.807) is 6.26 Å². The molecular weight excluding hydrogens is 328 g/mol. The molecule has 0 spiro atoms. The number of piperazine rings is 1. The Kier molecular flexibility index (Phi) is 5.44. The monoisotopic (exact) mass is 356 g/mol. The fraction of sp³-hybridized carbons (Fsp3) is 0.571. The van der Waals surface area contributed by atoms with Crippen LogP contribution < -0.4 is 4.74 Å². The first kappa shape index (κ1) is 17.4. The number of hydrogen-bond acceptors (Lipinski definition) is 4. The van der Waals surface area contributed by atoms with Gasteiger partial charge in [-0.25, -0.2) is 0 Å². The summed E-state index contributed by atoms with van der Waals surface area (Å²) in [4.78, 5) is 16.8. The number of carbonyl (C=O) groups excluding carboxylic acids is 1. The molecule has 3 aliphatic rings. The topological polar surface area (TPSA) is 42.0 Å². The second kappa shape index (κ2) is 8.12. The first-order valence-corrected chi connectivity index (χ1v) is 9.86. The lowest BCUT2D eigenvalue weighted by Crippen LogP contribution is -2.50. The van der Waals surface area contributed by atoms with E-state index in [1.165, 1.54) is 30.4 Å². The molecule has 26 heavy (non-hydrogen) atoms. The quantitative estimate of drug-likeness (QED) is 0.812. The van der Waals surface area contributed by atoms with Gasteiger partial charge in [0.2, 0.25) is 0 Å². The molecule has 2 aliphatic heterocycles. The summed E-state index contributed by atoms with van der Waals surface area (Å²) >= 11 is 0. The lowest BCUT2D eigenvalue weighted by molar-refractivity contribution is -0.129. The van der Waals surface area contributed by atoms with E-state index in [9.17, 15) is 4.79 Å². The average molecular weight is 356 g/mol. The number of benzene rings is 1. The Morgan fingerprint density at radius 3 is 2.69 bits per heavy atom. The third-order valence-corrected chi connectivity index (χ3v) is 5.61. The van der Waals surface area contributed by atoms with Crippen LogP contribution in [0.1, 0.15) is 30.4 Å². The number of carbonyl (C=O) groups is 1.